The van der Waals surface area contributed by atoms with Crippen molar-refractivity contribution in [1.82, 2.24) is 20.1 Å². The van der Waals surface area contributed by atoms with Crippen LogP contribution in [0.3, 0.4) is 0 Å². The van der Waals surface area contributed by atoms with Crippen LogP contribution in [0.25, 0.3) is 0 Å². The molecule has 2 aliphatic heterocycles. The summed E-state index contributed by atoms with van der Waals surface area (Å²) in [5.41, 5.74) is 5.47. The fourth-order valence-electron chi connectivity index (χ4n) is 3.82. The van der Waals surface area contributed by atoms with Gasteiger partial charge in [0.05, 0.1) is 29.9 Å². The Bertz CT molecular complexity index is 727. The van der Waals surface area contributed by atoms with E-state index in [-0.39, 0.29) is 11.9 Å². The minimum atomic E-state index is -0.540. The van der Waals surface area contributed by atoms with Crippen molar-refractivity contribution in [2.45, 2.75) is 38.2 Å². The molecule has 0 saturated carbocycles. The quantitative estimate of drug-likeness (QED) is 0.826. The van der Waals surface area contributed by atoms with Crippen LogP contribution in [-0.2, 0) is 24.4 Å². The lowest BCUT2D eigenvalue weighted by atomic mass is 10.0. The van der Waals surface area contributed by atoms with Crippen molar-refractivity contribution < 1.29 is 9.90 Å². The largest absolute Gasteiger partial charge is 0.390 e. The number of aliphatic hydroxyl groups is 1. The topological polar surface area (TPSA) is 68.7 Å². The second-order valence-corrected chi connectivity index (χ2v) is 7.88. The number of amides is 1. The minimum absolute atomic E-state index is 0.00481. The van der Waals surface area contributed by atoms with Crippen molar-refractivity contribution in [2.24, 2.45) is 0 Å². The predicted molar refractivity (Wildman–Crippen MR) is 101 cm³/mol. The molecule has 0 aliphatic carbocycles. The molecule has 1 aromatic carbocycles. The lowest BCUT2D eigenvalue weighted by Crippen LogP contribution is -2.55. The van der Waals surface area contributed by atoms with Gasteiger partial charge in [-0.05, 0) is 17.5 Å². The number of nitrogens with one attached hydrogen (secondary N) is 1. The van der Waals surface area contributed by atoms with Crippen LogP contribution in [0.2, 0.25) is 0 Å². The zero-order valence-corrected chi connectivity index (χ0v) is 15.5. The molecule has 26 heavy (non-hydrogen) atoms. The summed E-state index contributed by atoms with van der Waals surface area (Å²) in [7, 11) is 0. The first kappa shape index (κ1) is 17.6. The fraction of sp³-hybridized carbons (Fsp3) is 0.474. The Balaban J connectivity index is 1.24. The highest BCUT2D eigenvalue weighted by atomic mass is 32.1. The molecule has 7 heteroatoms. The molecule has 1 saturated heterocycles. The molecule has 6 nitrogen and oxygen atoms in total. The van der Waals surface area contributed by atoms with Gasteiger partial charge >= 0.3 is 0 Å². The van der Waals surface area contributed by atoms with Gasteiger partial charge in [-0.1, -0.05) is 24.3 Å². The molecule has 2 N–H and O–H groups in total. The summed E-state index contributed by atoms with van der Waals surface area (Å²) in [5.74, 6) is -0.00481. The number of β-amino-alcohol motifs (C(OH)–C–C–N with tert-alkyl or cyclic N) is 1. The summed E-state index contributed by atoms with van der Waals surface area (Å²) >= 11 is 1.59. The van der Waals surface area contributed by atoms with Gasteiger partial charge in [0.2, 0.25) is 5.91 Å². The third-order valence-electron chi connectivity index (χ3n) is 5.16. The zero-order valence-electron chi connectivity index (χ0n) is 14.7. The van der Waals surface area contributed by atoms with Gasteiger partial charge in [-0.15, -0.1) is 11.3 Å². The zero-order chi connectivity index (χ0) is 17.9. The predicted octanol–water partition coefficient (Wildman–Crippen LogP) is 1.21. The van der Waals surface area contributed by atoms with E-state index < -0.39 is 6.10 Å². The molecule has 1 amide bonds. The Morgan fingerprint density at radius 2 is 2.04 bits per heavy atom. The van der Waals surface area contributed by atoms with Crippen molar-refractivity contribution >= 4 is 17.2 Å². The number of likely N-dealkylation sites (tertiary alicyclic amines) is 1. The lowest BCUT2D eigenvalue weighted by molar-refractivity contribution is -0.124. The number of aliphatic hydroxyl groups excluding tert-OH is 1. The van der Waals surface area contributed by atoms with Crippen LogP contribution in [-0.4, -0.2) is 57.6 Å². The lowest BCUT2D eigenvalue weighted by Gasteiger charge is -2.36. The van der Waals surface area contributed by atoms with Crippen LogP contribution in [0.15, 0.2) is 35.2 Å². The number of rotatable bonds is 5. The van der Waals surface area contributed by atoms with Crippen molar-refractivity contribution in [2.75, 3.05) is 19.6 Å². The molecule has 3 heterocycles. The third-order valence-corrected chi connectivity index (χ3v) is 5.79. The third kappa shape index (κ3) is 4.12. The van der Waals surface area contributed by atoms with Crippen molar-refractivity contribution in [1.29, 1.82) is 0 Å². The van der Waals surface area contributed by atoms with Gasteiger partial charge < -0.3 is 10.4 Å². The number of thiazole rings is 1. The summed E-state index contributed by atoms with van der Waals surface area (Å²) in [6.45, 7) is 4.19. The van der Waals surface area contributed by atoms with Crippen LogP contribution in [0.5, 0.6) is 0 Å². The molecule has 0 unspecified atom stereocenters. The Labute approximate surface area is 157 Å². The molecule has 1 fully saturated rings. The standard InChI is InChI=1S/C19H24N4O2S/c24-18-10-22(9-16-12-26-13-20-16)6-5-17(18)21-19(25)11-23-7-14-3-1-2-4-15(14)8-23/h1-4,12-13,17-18,24H,5-11H2,(H,21,25)/t17-,18-/m1/s1. The van der Waals surface area contributed by atoms with Crippen LogP contribution in [0.4, 0.5) is 0 Å². The van der Waals surface area contributed by atoms with E-state index in [0.29, 0.717) is 13.1 Å². The van der Waals surface area contributed by atoms with Crippen LogP contribution >= 0.6 is 11.3 Å². The van der Waals surface area contributed by atoms with E-state index in [2.05, 4.69) is 32.2 Å². The first-order valence-corrected chi connectivity index (χ1v) is 9.97. The average molecular weight is 372 g/mol. The maximum absolute atomic E-state index is 12.4. The summed E-state index contributed by atoms with van der Waals surface area (Å²) in [4.78, 5) is 21.0. The Morgan fingerprint density at radius 1 is 1.27 bits per heavy atom. The highest BCUT2D eigenvalue weighted by Crippen LogP contribution is 2.21. The maximum atomic E-state index is 12.4. The van der Waals surface area contributed by atoms with Gasteiger partial charge in [-0.25, -0.2) is 4.98 Å². The number of aromatic nitrogens is 1. The number of benzene rings is 1. The van der Waals surface area contributed by atoms with Gasteiger partial charge in [0.25, 0.3) is 0 Å². The number of carbonyl (C=O) groups is 1. The molecule has 1 aromatic heterocycles. The van der Waals surface area contributed by atoms with Crippen molar-refractivity contribution in [3.05, 3.63) is 52.0 Å². The second kappa shape index (κ2) is 7.84. The van der Waals surface area contributed by atoms with Gasteiger partial charge in [-0.3, -0.25) is 14.6 Å². The number of fused-ring (bicyclic) bond motifs is 1. The normalized spacial score (nSPS) is 23.7. The van der Waals surface area contributed by atoms with Gasteiger partial charge in [0.15, 0.2) is 0 Å². The molecule has 0 radical (unpaired) electrons. The van der Waals surface area contributed by atoms with Crippen LogP contribution < -0.4 is 5.32 Å². The number of hydrogen-bond donors (Lipinski definition) is 2. The smallest absolute Gasteiger partial charge is 0.234 e. The van der Waals surface area contributed by atoms with E-state index >= 15 is 0 Å². The minimum Gasteiger partial charge on any atom is -0.390 e. The van der Waals surface area contributed by atoms with E-state index in [4.69, 9.17) is 0 Å². The number of piperidine rings is 1. The van der Waals surface area contributed by atoms with Gasteiger partial charge in [-0.2, -0.15) is 0 Å². The van der Waals surface area contributed by atoms with Crippen molar-refractivity contribution in [3.8, 4) is 0 Å². The maximum Gasteiger partial charge on any atom is 0.234 e. The van der Waals surface area contributed by atoms with Gasteiger partial charge in [0.1, 0.15) is 0 Å². The average Bonchev–Trinajstić information content (AvgIpc) is 3.26. The van der Waals surface area contributed by atoms with E-state index in [1.54, 1.807) is 11.3 Å². The van der Waals surface area contributed by atoms with Gasteiger partial charge in [0, 0.05) is 38.1 Å². The van der Waals surface area contributed by atoms with E-state index in [1.807, 2.05) is 23.0 Å². The molecule has 0 bridgehead atoms. The van der Waals surface area contributed by atoms with Crippen LogP contribution in [0, 0.1) is 0 Å². The Hall–Kier alpha value is -1.80. The summed E-state index contributed by atoms with van der Waals surface area (Å²) in [6.07, 6.45) is 0.221. The highest BCUT2D eigenvalue weighted by Gasteiger charge is 2.30. The number of carbonyl (C=O) groups excluding carboxylic acids is 1. The van der Waals surface area contributed by atoms with Crippen molar-refractivity contribution in [3.63, 3.8) is 0 Å². The number of hydrogen-bond acceptors (Lipinski definition) is 6. The summed E-state index contributed by atoms with van der Waals surface area (Å²) in [5, 5.41) is 15.5. The second-order valence-electron chi connectivity index (χ2n) is 7.16. The van der Waals surface area contributed by atoms with E-state index in [0.717, 1.165) is 38.3 Å². The SMILES string of the molecule is O=C(CN1Cc2ccccc2C1)N[C@@H]1CCN(Cc2cscn2)C[C@H]1O. The summed E-state index contributed by atoms with van der Waals surface area (Å²) < 4.78 is 0. The molecule has 4 rings (SSSR count). The number of nitrogens with zero attached hydrogens (tertiary/aromatic N) is 3. The Morgan fingerprint density at radius 3 is 2.69 bits per heavy atom. The van der Waals surface area contributed by atoms with Crippen LogP contribution in [0.1, 0.15) is 23.2 Å². The summed E-state index contributed by atoms with van der Waals surface area (Å²) in [6, 6.07) is 8.15. The monoisotopic (exact) mass is 372 g/mol. The van der Waals surface area contributed by atoms with E-state index in [9.17, 15) is 9.90 Å². The van der Waals surface area contributed by atoms with E-state index in [1.165, 1.54) is 11.1 Å². The Kier molecular flexibility index (Phi) is 5.31. The molecular formula is C19H24N4O2S. The first-order valence-electron chi connectivity index (χ1n) is 9.03. The first-order chi connectivity index (χ1) is 12.7. The molecule has 0 spiro atoms. The molecule has 2 aliphatic rings. The molecule has 2 atom stereocenters. The fourth-order valence-corrected chi connectivity index (χ4v) is 4.37. The molecular weight excluding hydrogens is 348 g/mol. The molecule has 138 valence electrons. The highest BCUT2D eigenvalue weighted by molar-refractivity contribution is 7.07. The molecule has 2 aromatic rings.